The van der Waals surface area contributed by atoms with Crippen molar-refractivity contribution in [3.63, 3.8) is 0 Å². The lowest BCUT2D eigenvalue weighted by Gasteiger charge is -2.09. The van der Waals surface area contributed by atoms with Crippen LogP contribution in [0.3, 0.4) is 0 Å². The fourth-order valence-electron chi connectivity index (χ4n) is 1.83. The number of ether oxygens (including phenoxy) is 1. The lowest BCUT2D eigenvalue weighted by molar-refractivity contribution is -0.136. The number of anilines is 1. The van der Waals surface area contributed by atoms with Gasteiger partial charge in [-0.3, -0.25) is 10.1 Å². The van der Waals surface area contributed by atoms with Crippen LogP contribution in [0.1, 0.15) is 36.2 Å². The molecular formula is C14H20N2O5S. The van der Waals surface area contributed by atoms with E-state index in [0.717, 1.165) is 5.56 Å². The number of thiophene rings is 1. The fraction of sp³-hybridized carbons (Fsp3) is 0.500. The molecule has 3 N–H and O–H groups in total. The van der Waals surface area contributed by atoms with Crippen LogP contribution in [0.15, 0.2) is 5.38 Å². The van der Waals surface area contributed by atoms with Crippen molar-refractivity contribution in [2.45, 2.75) is 26.7 Å². The van der Waals surface area contributed by atoms with E-state index in [0.29, 0.717) is 22.9 Å². The predicted octanol–water partition coefficient (Wildman–Crippen LogP) is 2.33. The summed E-state index contributed by atoms with van der Waals surface area (Å²) in [6.45, 7) is 4.08. The van der Waals surface area contributed by atoms with Gasteiger partial charge in [-0.2, -0.15) is 0 Å². The second-order valence-electron chi connectivity index (χ2n) is 5.08. The molecular weight excluding hydrogens is 308 g/mol. The van der Waals surface area contributed by atoms with Gasteiger partial charge in [0.15, 0.2) is 0 Å². The van der Waals surface area contributed by atoms with E-state index < -0.39 is 18.0 Å². The number of rotatable bonds is 7. The highest BCUT2D eigenvalue weighted by Gasteiger charge is 2.21. The molecule has 0 spiro atoms. The highest BCUT2D eigenvalue weighted by Crippen LogP contribution is 2.30. The molecule has 0 saturated carbocycles. The van der Waals surface area contributed by atoms with Crippen LogP contribution in [0.5, 0.6) is 0 Å². The van der Waals surface area contributed by atoms with Gasteiger partial charge in [0, 0.05) is 6.54 Å². The van der Waals surface area contributed by atoms with E-state index in [9.17, 15) is 14.4 Å². The Labute approximate surface area is 132 Å². The van der Waals surface area contributed by atoms with E-state index in [-0.39, 0.29) is 13.0 Å². The van der Waals surface area contributed by atoms with Gasteiger partial charge in [0.1, 0.15) is 5.00 Å². The third-order valence-electron chi connectivity index (χ3n) is 2.74. The summed E-state index contributed by atoms with van der Waals surface area (Å²) in [5.74, 6) is -1.14. The monoisotopic (exact) mass is 328 g/mol. The fourth-order valence-corrected chi connectivity index (χ4v) is 2.79. The molecule has 1 aromatic heterocycles. The Kier molecular flexibility index (Phi) is 6.84. The van der Waals surface area contributed by atoms with Crippen molar-refractivity contribution in [3.8, 4) is 0 Å². The molecule has 1 rings (SSSR count). The maximum absolute atomic E-state index is 11.9. The maximum atomic E-state index is 11.9. The van der Waals surface area contributed by atoms with Gasteiger partial charge in [0.25, 0.3) is 0 Å². The summed E-state index contributed by atoms with van der Waals surface area (Å²) < 4.78 is 4.77. The number of amides is 2. The zero-order valence-corrected chi connectivity index (χ0v) is 13.6. The van der Waals surface area contributed by atoms with Crippen LogP contribution in [-0.2, 0) is 16.0 Å². The molecule has 122 valence electrons. The largest absolute Gasteiger partial charge is 0.481 e. The van der Waals surface area contributed by atoms with Crippen molar-refractivity contribution in [1.82, 2.24) is 5.32 Å². The van der Waals surface area contributed by atoms with Gasteiger partial charge < -0.3 is 15.2 Å². The summed E-state index contributed by atoms with van der Waals surface area (Å²) in [7, 11) is 1.29. The Morgan fingerprint density at radius 2 is 2.05 bits per heavy atom. The van der Waals surface area contributed by atoms with Gasteiger partial charge in [-0.25, -0.2) is 9.59 Å². The molecule has 0 saturated heterocycles. The summed E-state index contributed by atoms with van der Waals surface area (Å²) in [5.41, 5.74) is 1.18. The average molecular weight is 328 g/mol. The Hall–Kier alpha value is -2.09. The maximum Gasteiger partial charge on any atom is 0.341 e. The van der Waals surface area contributed by atoms with Crippen LogP contribution in [-0.4, -0.2) is 36.7 Å². The van der Waals surface area contributed by atoms with Crippen LogP contribution in [0, 0.1) is 5.92 Å². The molecule has 0 fully saturated rings. The van der Waals surface area contributed by atoms with Crippen LogP contribution < -0.4 is 10.6 Å². The molecule has 2 amide bonds. The Morgan fingerprint density at radius 3 is 2.59 bits per heavy atom. The molecule has 22 heavy (non-hydrogen) atoms. The second kappa shape index (κ2) is 8.38. The number of carbonyl (C=O) groups is 3. The van der Waals surface area contributed by atoms with Gasteiger partial charge in [-0.05, 0) is 23.3 Å². The van der Waals surface area contributed by atoms with Crippen LogP contribution in [0.2, 0.25) is 0 Å². The lowest BCUT2D eigenvalue weighted by atomic mass is 10.0. The van der Waals surface area contributed by atoms with E-state index in [1.165, 1.54) is 18.4 Å². The van der Waals surface area contributed by atoms with Crippen molar-refractivity contribution in [2.24, 2.45) is 5.92 Å². The number of nitrogens with one attached hydrogen (secondary N) is 2. The van der Waals surface area contributed by atoms with E-state index >= 15 is 0 Å². The van der Waals surface area contributed by atoms with Crippen LogP contribution in [0.4, 0.5) is 9.80 Å². The minimum absolute atomic E-state index is 0.0128. The van der Waals surface area contributed by atoms with Crippen molar-refractivity contribution >= 4 is 34.3 Å². The van der Waals surface area contributed by atoms with Gasteiger partial charge in [-0.15, -0.1) is 11.3 Å². The summed E-state index contributed by atoms with van der Waals surface area (Å²) in [4.78, 5) is 34.0. The van der Waals surface area contributed by atoms with E-state index in [4.69, 9.17) is 9.84 Å². The minimum Gasteiger partial charge on any atom is -0.481 e. The SMILES string of the molecule is COC(=O)c1c(CC(C)C)csc1NC(=O)NCCC(=O)O. The third-order valence-corrected chi connectivity index (χ3v) is 3.68. The zero-order chi connectivity index (χ0) is 16.7. The number of carboxylic acid groups (broad SMARTS) is 1. The molecule has 0 aliphatic heterocycles. The minimum atomic E-state index is -0.995. The first-order valence-electron chi connectivity index (χ1n) is 6.80. The molecule has 1 aromatic rings. The molecule has 0 atom stereocenters. The standard InChI is InChI=1S/C14H20N2O5S/c1-8(2)6-9-7-22-12(11(9)13(19)21-3)16-14(20)15-5-4-10(17)18/h7-8H,4-6H2,1-3H3,(H,17,18)(H2,15,16,20). The molecule has 0 aliphatic rings. The zero-order valence-electron chi connectivity index (χ0n) is 12.8. The smallest absolute Gasteiger partial charge is 0.341 e. The molecule has 1 heterocycles. The number of esters is 1. The first kappa shape index (κ1) is 18.0. The van der Waals surface area contributed by atoms with Crippen molar-refractivity contribution in [2.75, 3.05) is 19.0 Å². The number of methoxy groups -OCH3 is 1. The number of hydrogen-bond acceptors (Lipinski definition) is 5. The second-order valence-corrected chi connectivity index (χ2v) is 5.96. The Morgan fingerprint density at radius 1 is 1.36 bits per heavy atom. The molecule has 0 aromatic carbocycles. The van der Waals surface area contributed by atoms with Crippen LogP contribution >= 0.6 is 11.3 Å². The van der Waals surface area contributed by atoms with E-state index in [1.54, 1.807) is 0 Å². The molecule has 0 radical (unpaired) electrons. The normalized spacial score (nSPS) is 10.4. The molecule has 8 heteroatoms. The first-order valence-corrected chi connectivity index (χ1v) is 7.68. The highest BCUT2D eigenvalue weighted by molar-refractivity contribution is 7.15. The summed E-state index contributed by atoms with van der Waals surface area (Å²) in [5, 5.41) is 15.7. The number of aliphatic carboxylic acids is 1. The number of urea groups is 1. The molecule has 7 nitrogen and oxygen atoms in total. The highest BCUT2D eigenvalue weighted by atomic mass is 32.1. The Balaban J connectivity index is 2.81. The predicted molar refractivity (Wildman–Crippen MR) is 83.5 cm³/mol. The lowest BCUT2D eigenvalue weighted by Crippen LogP contribution is -2.30. The third kappa shape index (κ3) is 5.36. The first-order chi connectivity index (χ1) is 10.3. The molecule has 0 aliphatic carbocycles. The molecule has 0 bridgehead atoms. The summed E-state index contributed by atoms with van der Waals surface area (Å²) in [6, 6.07) is -0.552. The number of carbonyl (C=O) groups excluding carboxylic acids is 2. The van der Waals surface area contributed by atoms with Gasteiger partial charge in [0.2, 0.25) is 0 Å². The van der Waals surface area contributed by atoms with Gasteiger partial charge in [0.05, 0.1) is 19.1 Å². The van der Waals surface area contributed by atoms with E-state index in [2.05, 4.69) is 10.6 Å². The number of hydrogen-bond donors (Lipinski definition) is 3. The summed E-state index contributed by atoms with van der Waals surface area (Å²) in [6.07, 6.45) is 0.531. The van der Waals surface area contributed by atoms with E-state index in [1.807, 2.05) is 19.2 Å². The van der Waals surface area contributed by atoms with Crippen LogP contribution in [0.25, 0.3) is 0 Å². The van der Waals surface area contributed by atoms with Crippen molar-refractivity contribution in [3.05, 3.63) is 16.5 Å². The number of carboxylic acids is 1. The van der Waals surface area contributed by atoms with Crippen molar-refractivity contribution < 1.29 is 24.2 Å². The topological polar surface area (TPSA) is 105 Å². The Bertz CT molecular complexity index is 553. The van der Waals surface area contributed by atoms with Gasteiger partial charge >= 0.3 is 18.0 Å². The molecule has 0 unspecified atom stereocenters. The summed E-state index contributed by atoms with van der Waals surface area (Å²) >= 11 is 1.24. The average Bonchev–Trinajstić information content (AvgIpc) is 2.79. The van der Waals surface area contributed by atoms with Crippen molar-refractivity contribution in [1.29, 1.82) is 0 Å². The van der Waals surface area contributed by atoms with Gasteiger partial charge in [-0.1, -0.05) is 13.8 Å². The quantitative estimate of drug-likeness (QED) is 0.666.